The van der Waals surface area contributed by atoms with Crippen molar-refractivity contribution in [3.05, 3.63) is 51.4 Å². The zero-order valence-electron chi connectivity index (χ0n) is 11.7. The average Bonchev–Trinajstić information content (AvgIpc) is 3.19. The molecule has 1 N–H and O–H groups in total. The van der Waals surface area contributed by atoms with Crippen molar-refractivity contribution in [2.45, 2.75) is 12.5 Å². The normalized spacial score (nSPS) is 17.5. The fourth-order valence-electron chi connectivity index (χ4n) is 2.41. The van der Waals surface area contributed by atoms with Gasteiger partial charge in [0.05, 0.1) is 11.7 Å². The van der Waals surface area contributed by atoms with Gasteiger partial charge in [-0.2, -0.15) is 0 Å². The number of halogens is 1. The van der Waals surface area contributed by atoms with E-state index in [1.807, 2.05) is 0 Å². The molecule has 1 fully saturated rings. The van der Waals surface area contributed by atoms with Gasteiger partial charge in [0.1, 0.15) is 4.88 Å². The Morgan fingerprint density at radius 3 is 2.77 bits per heavy atom. The quantitative estimate of drug-likeness (QED) is 0.937. The van der Waals surface area contributed by atoms with Gasteiger partial charge in [-0.1, -0.05) is 11.6 Å². The summed E-state index contributed by atoms with van der Waals surface area (Å²) in [6.07, 6.45) is 2.33. The maximum Gasteiger partial charge on any atom is 0.265 e. The maximum atomic E-state index is 12.2. The highest BCUT2D eigenvalue weighted by Gasteiger charge is 2.28. The molecular formula is C15H14ClN3O2S. The molecule has 1 atom stereocenters. The summed E-state index contributed by atoms with van der Waals surface area (Å²) in [5.74, 6) is -0.167. The van der Waals surface area contributed by atoms with Crippen LogP contribution in [0.2, 0.25) is 5.02 Å². The highest BCUT2D eigenvalue weighted by atomic mass is 35.5. The van der Waals surface area contributed by atoms with E-state index < -0.39 is 0 Å². The molecule has 114 valence electrons. The van der Waals surface area contributed by atoms with Crippen molar-refractivity contribution >= 4 is 34.8 Å². The molecule has 22 heavy (non-hydrogen) atoms. The Kier molecular flexibility index (Phi) is 4.40. The molecule has 1 aliphatic heterocycles. The van der Waals surface area contributed by atoms with Crippen LogP contribution in [0.3, 0.4) is 0 Å². The number of hydrogen-bond acceptors (Lipinski definition) is 4. The monoisotopic (exact) mass is 335 g/mol. The predicted octanol–water partition coefficient (Wildman–Crippen LogP) is 2.44. The molecule has 3 rings (SSSR count). The van der Waals surface area contributed by atoms with Crippen LogP contribution in [-0.4, -0.2) is 40.8 Å². The van der Waals surface area contributed by atoms with E-state index in [-0.39, 0.29) is 17.9 Å². The van der Waals surface area contributed by atoms with E-state index >= 15 is 0 Å². The standard InChI is InChI=1S/C15H14ClN3O2S/c16-11-3-1-10(2-4-11)14(20)18-12-5-6-19(8-12)15(21)13-7-17-9-22-13/h1-4,7,9,12H,5-6,8H2,(H,18,20). The summed E-state index contributed by atoms with van der Waals surface area (Å²) in [6, 6.07) is 6.72. The summed E-state index contributed by atoms with van der Waals surface area (Å²) < 4.78 is 0. The minimum absolute atomic E-state index is 0.0225. The second kappa shape index (κ2) is 6.46. The molecule has 1 aromatic heterocycles. The van der Waals surface area contributed by atoms with Gasteiger partial charge in [-0.3, -0.25) is 14.6 Å². The number of aromatic nitrogens is 1. The molecule has 1 aromatic carbocycles. The summed E-state index contributed by atoms with van der Waals surface area (Å²) in [5, 5.41) is 3.55. The van der Waals surface area contributed by atoms with E-state index in [1.54, 1.807) is 40.9 Å². The first-order valence-corrected chi connectivity index (χ1v) is 8.13. The van der Waals surface area contributed by atoms with Crippen LogP contribution in [0.15, 0.2) is 36.0 Å². The predicted molar refractivity (Wildman–Crippen MR) is 85.3 cm³/mol. The van der Waals surface area contributed by atoms with E-state index in [2.05, 4.69) is 10.3 Å². The van der Waals surface area contributed by atoms with Crippen molar-refractivity contribution in [2.24, 2.45) is 0 Å². The van der Waals surface area contributed by atoms with E-state index in [1.165, 1.54) is 11.3 Å². The molecular weight excluding hydrogens is 322 g/mol. The zero-order valence-corrected chi connectivity index (χ0v) is 13.2. The van der Waals surface area contributed by atoms with Crippen LogP contribution < -0.4 is 5.32 Å². The summed E-state index contributed by atoms with van der Waals surface area (Å²) in [7, 11) is 0. The highest BCUT2D eigenvalue weighted by Crippen LogP contribution is 2.16. The van der Waals surface area contributed by atoms with Crippen molar-refractivity contribution in [3.63, 3.8) is 0 Å². The fourth-order valence-corrected chi connectivity index (χ4v) is 3.12. The molecule has 7 heteroatoms. The molecule has 2 aromatic rings. The molecule has 2 amide bonds. The largest absolute Gasteiger partial charge is 0.347 e. The lowest BCUT2D eigenvalue weighted by Crippen LogP contribution is -2.38. The van der Waals surface area contributed by atoms with Crippen LogP contribution in [0.1, 0.15) is 26.5 Å². The second-order valence-corrected chi connectivity index (χ2v) is 6.41. The van der Waals surface area contributed by atoms with E-state index in [0.717, 1.165) is 6.42 Å². The Balaban J connectivity index is 1.58. The number of benzene rings is 1. The first-order chi connectivity index (χ1) is 10.6. The van der Waals surface area contributed by atoms with Gasteiger partial charge in [-0.25, -0.2) is 0 Å². The van der Waals surface area contributed by atoms with Gasteiger partial charge in [0.25, 0.3) is 11.8 Å². The van der Waals surface area contributed by atoms with Crippen molar-refractivity contribution < 1.29 is 9.59 Å². The molecule has 0 spiro atoms. The zero-order chi connectivity index (χ0) is 15.5. The molecule has 0 aliphatic carbocycles. The van der Waals surface area contributed by atoms with E-state index in [0.29, 0.717) is 28.6 Å². The highest BCUT2D eigenvalue weighted by molar-refractivity contribution is 7.11. The lowest BCUT2D eigenvalue weighted by atomic mass is 10.2. The Morgan fingerprint density at radius 2 is 2.09 bits per heavy atom. The number of carbonyl (C=O) groups is 2. The van der Waals surface area contributed by atoms with Gasteiger partial charge in [0.15, 0.2) is 0 Å². The number of nitrogens with one attached hydrogen (secondary N) is 1. The minimum Gasteiger partial charge on any atom is -0.347 e. The van der Waals surface area contributed by atoms with Crippen LogP contribution in [0.25, 0.3) is 0 Å². The number of rotatable bonds is 3. The van der Waals surface area contributed by atoms with Crippen LogP contribution in [0, 0.1) is 0 Å². The topological polar surface area (TPSA) is 62.3 Å². The lowest BCUT2D eigenvalue weighted by Gasteiger charge is -2.16. The van der Waals surface area contributed by atoms with E-state index in [9.17, 15) is 9.59 Å². The lowest BCUT2D eigenvalue weighted by molar-refractivity contribution is 0.0787. The smallest absolute Gasteiger partial charge is 0.265 e. The third-order valence-corrected chi connectivity index (χ3v) is 4.57. The molecule has 0 radical (unpaired) electrons. The molecule has 1 unspecified atom stereocenters. The molecule has 5 nitrogen and oxygen atoms in total. The Morgan fingerprint density at radius 1 is 1.32 bits per heavy atom. The number of hydrogen-bond donors (Lipinski definition) is 1. The Labute approximate surface area is 136 Å². The first kappa shape index (κ1) is 15.0. The number of likely N-dealkylation sites (tertiary alicyclic amines) is 1. The van der Waals surface area contributed by atoms with Crippen molar-refractivity contribution in [1.29, 1.82) is 0 Å². The SMILES string of the molecule is O=C(NC1CCN(C(=O)c2cncs2)C1)c1ccc(Cl)cc1. The molecule has 0 saturated carbocycles. The summed E-state index contributed by atoms with van der Waals surface area (Å²) >= 11 is 7.14. The number of thiazole rings is 1. The first-order valence-electron chi connectivity index (χ1n) is 6.87. The summed E-state index contributed by atoms with van der Waals surface area (Å²) in [6.45, 7) is 1.17. The van der Waals surface area contributed by atoms with Crippen LogP contribution in [0.4, 0.5) is 0 Å². The molecule has 1 aliphatic rings. The minimum atomic E-state index is -0.145. The van der Waals surface area contributed by atoms with Gasteiger partial charge in [-0.15, -0.1) is 11.3 Å². The van der Waals surface area contributed by atoms with E-state index in [4.69, 9.17) is 11.6 Å². The van der Waals surface area contributed by atoms with Gasteiger partial charge >= 0.3 is 0 Å². The fraction of sp³-hybridized carbons (Fsp3) is 0.267. The molecule has 2 heterocycles. The van der Waals surface area contributed by atoms with Crippen molar-refractivity contribution in [1.82, 2.24) is 15.2 Å². The summed E-state index contributed by atoms with van der Waals surface area (Å²) in [4.78, 5) is 30.7. The Bertz CT molecular complexity index is 673. The van der Waals surface area contributed by atoms with Gasteiger partial charge in [0.2, 0.25) is 0 Å². The maximum absolute atomic E-state index is 12.2. The number of nitrogens with zero attached hydrogens (tertiary/aromatic N) is 2. The van der Waals surface area contributed by atoms with Gasteiger partial charge in [-0.05, 0) is 30.7 Å². The van der Waals surface area contributed by atoms with Crippen LogP contribution in [-0.2, 0) is 0 Å². The van der Waals surface area contributed by atoms with Crippen LogP contribution >= 0.6 is 22.9 Å². The average molecular weight is 336 g/mol. The third kappa shape index (κ3) is 3.28. The third-order valence-electron chi connectivity index (χ3n) is 3.56. The van der Waals surface area contributed by atoms with Gasteiger partial charge in [0, 0.05) is 29.7 Å². The molecule has 0 bridgehead atoms. The summed E-state index contributed by atoms with van der Waals surface area (Å²) in [5.41, 5.74) is 2.21. The number of carbonyl (C=O) groups excluding carboxylic acids is 2. The van der Waals surface area contributed by atoms with Crippen molar-refractivity contribution in [3.8, 4) is 0 Å². The van der Waals surface area contributed by atoms with Gasteiger partial charge < -0.3 is 10.2 Å². The number of amides is 2. The Hall–Kier alpha value is -1.92. The second-order valence-electron chi connectivity index (χ2n) is 5.08. The van der Waals surface area contributed by atoms with Crippen molar-refractivity contribution in [2.75, 3.05) is 13.1 Å². The van der Waals surface area contributed by atoms with Crippen LogP contribution in [0.5, 0.6) is 0 Å². The molecule has 1 saturated heterocycles.